The molecule has 0 saturated heterocycles. The number of aromatic nitrogens is 4. The number of hydrogen-bond acceptors (Lipinski definition) is 8. The number of benzene rings is 2. The summed E-state index contributed by atoms with van der Waals surface area (Å²) in [4.78, 5) is 0. The topological polar surface area (TPSA) is 35.6 Å². The van der Waals surface area contributed by atoms with Crippen LogP contribution in [0.5, 0.6) is 0 Å². The Labute approximate surface area is 188 Å². The van der Waals surface area contributed by atoms with E-state index < -0.39 is 0 Å². The highest BCUT2D eigenvalue weighted by molar-refractivity contribution is 8.77. The Morgan fingerprint density at radius 3 is 1.46 bits per heavy atom. The van der Waals surface area contributed by atoms with Gasteiger partial charge in [0.05, 0.1) is 13.1 Å². The average Bonchev–Trinajstić information content (AvgIpc) is 3.24. The van der Waals surface area contributed by atoms with Crippen molar-refractivity contribution in [3.63, 3.8) is 0 Å². The van der Waals surface area contributed by atoms with Crippen LogP contribution in [0, 0.1) is 7.91 Å². The molecule has 0 aliphatic heterocycles. The van der Waals surface area contributed by atoms with Crippen molar-refractivity contribution < 1.29 is 0 Å². The van der Waals surface area contributed by atoms with Crippen LogP contribution in [0.4, 0.5) is 0 Å². The summed E-state index contributed by atoms with van der Waals surface area (Å²) in [6, 6.07) is 20.4. The molecule has 4 aromatic rings. The van der Waals surface area contributed by atoms with E-state index in [0.717, 1.165) is 16.6 Å². The summed E-state index contributed by atoms with van der Waals surface area (Å²) in [6.45, 7) is 1.37. The monoisotopic (exact) mass is 478 g/mol. The van der Waals surface area contributed by atoms with Crippen LogP contribution < -0.4 is 0 Å². The molecule has 10 heteroatoms. The van der Waals surface area contributed by atoms with Crippen LogP contribution in [-0.4, -0.2) is 19.6 Å². The molecule has 2 heterocycles. The Bertz CT molecular complexity index is 1070. The fourth-order valence-electron chi connectivity index (χ4n) is 2.43. The van der Waals surface area contributed by atoms with Gasteiger partial charge in [-0.15, -0.1) is 0 Å². The summed E-state index contributed by atoms with van der Waals surface area (Å²) >= 11 is 14.0. The smallest absolute Gasteiger partial charge is 0.184 e. The molecule has 142 valence electrons. The van der Waals surface area contributed by atoms with Gasteiger partial charge in [-0.2, -0.15) is 10.2 Å². The fourth-order valence-corrected chi connectivity index (χ4v) is 7.43. The predicted octanol–water partition coefficient (Wildman–Crippen LogP) is 6.56. The number of nitrogens with zero attached hydrogens (tertiary/aromatic N) is 4. The lowest BCUT2D eigenvalue weighted by Gasteiger charge is -2.00. The zero-order chi connectivity index (χ0) is 19.3. The highest BCUT2D eigenvalue weighted by Crippen LogP contribution is 2.39. The van der Waals surface area contributed by atoms with Gasteiger partial charge < -0.3 is 0 Å². The van der Waals surface area contributed by atoms with Crippen molar-refractivity contribution in [3.8, 4) is 0 Å². The standard InChI is InChI=1S/C18H14N4S6/c23-17-21(11-13-7-3-1-4-8-13)19-15(25-17)27-28-16-20-22(18(24)26-16)12-14-9-5-2-6-10-14/h1-10H,11-12H2. The van der Waals surface area contributed by atoms with Crippen LogP contribution in [0.3, 0.4) is 0 Å². The third-order valence-electron chi connectivity index (χ3n) is 3.71. The van der Waals surface area contributed by atoms with E-state index in [0.29, 0.717) is 13.1 Å². The Morgan fingerprint density at radius 2 is 1.07 bits per heavy atom. The molecular weight excluding hydrogens is 465 g/mol. The van der Waals surface area contributed by atoms with Crippen LogP contribution in [-0.2, 0) is 13.1 Å². The summed E-state index contributed by atoms with van der Waals surface area (Å²) in [7, 11) is 3.14. The largest absolute Gasteiger partial charge is 0.239 e. The molecule has 0 saturated carbocycles. The maximum Gasteiger partial charge on any atom is 0.184 e. The predicted molar refractivity (Wildman–Crippen MR) is 125 cm³/mol. The second kappa shape index (κ2) is 9.47. The quantitative estimate of drug-likeness (QED) is 0.221. The molecule has 0 N–H and O–H groups in total. The molecule has 0 aliphatic rings. The van der Waals surface area contributed by atoms with E-state index in [1.165, 1.54) is 33.8 Å². The Kier molecular flexibility index (Phi) is 6.76. The minimum atomic E-state index is 0.687. The first-order valence-corrected chi connectivity index (χ1v) is 12.9. The Balaban J connectivity index is 1.41. The maximum absolute atomic E-state index is 5.46. The summed E-state index contributed by atoms with van der Waals surface area (Å²) in [5.74, 6) is 0. The van der Waals surface area contributed by atoms with E-state index in [-0.39, 0.29) is 0 Å². The Hall–Kier alpha value is -1.30. The van der Waals surface area contributed by atoms with Gasteiger partial charge >= 0.3 is 0 Å². The zero-order valence-corrected chi connectivity index (χ0v) is 19.3. The van der Waals surface area contributed by atoms with Crippen LogP contribution in [0.15, 0.2) is 69.3 Å². The van der Waals surface area contributed by atoms with Crippen molar-refractivity contribution in [1.82, 2.24) is 19.6 Å². The summed E-state index contributed by atoms with van der Waals surface area (Å²) < 4.78 is 7.12. The van der Waals surface area contributed by atoms with Gasteiger partial charge in [-0.05, 0) is 57.2 Å². The van der Waals surface area contributed by atoms with E-state index >= 15 is 0 Å². The van der Waals surface area contributed by atoms with Crippen LogP contribution in [0.25, 0.3) is 0 Å². The summed E-state index contributed by atoms with van der Waals surface area (Å²) in [5.41, 5.74) is 2.37. The number of rotatable bonds is 7. The molecule has 0 spiro atoms. The third kappa shape index (κ3) is 5.19. The van der Waals surface area contributed by atoms with Crippen molar-refractivity contribution in [3.05, 3.63) is 79.7 Å². The van der Waals surface area contributed by atoms with Crippen molar-refractivity contribution in [2.75, 3.05) is 0 Å². The molecule has 2 aromatic carbocycles. The van der Waals surface area contributed by atoms with E-state index in [4.69, 9.17) is 24.4 Å². The van der Waals surface area contributed by atoms with Crippen molar-refractivity contribution in [2.24, 2.45) is 0 Å². The molecule has 28 heavy (non-hydrogen) atoms. The van der Waals surface area contributed by atoms with E-state index in [9.17, 15) is 0 Å². The lowest BCUT2D eigenvalue weighted by molar-refractivity contribution is 0.658. The first-order chi connectivity index (χ1) is 13.7. The fraction of sp³-hybridized carbons (Fsp3) is 0.111. The highest BCUT2D eigenvalue weighted by atomic mass is 33.1. The SMILES string of the molecule is S=c1sc(SSc2nn(Cc3ccccc3)c(=S)s2)nn1Cc1ccccc1. The highest BCUT2D eigenvalue weighted by Gasteiger charge is 2.10. The van der Waals surface area contributed by atoms with Crippen LogP contribution in [0.2, 0.25) is 0 Å². The maximum atomic E-state index is 5.46. The van der Waals surface area contributed by atoms with Gasteiger partial charge in [-0.25, -0.2) is 9.36 Å². The van der Waals surface area contributed by atoms with Gasteiger partial charge in [0, 0.05) is 0 Å². The van der Waals surface area contributed by atoms with Crippen LogP contribution >= 0.6 is 68.7 Å². The van der Waals surface area contributed by atoms with Gasteiger partial charge in [0.25, 0.3) is 0 Å². The normalized spacial score (nSPS) is 11.0. The molecule has 0 radical (unpaired) electrons. The second-order valence-corrected chi connectivity index (χ2v) is 11.6. The van der Waals surface area contributed by atoms with Gasteiger partial charge in [-0.3, -0.25) is 0 Å². The molecule has 0 amide bonds. The van der Waals surface area contributed by atoms with Crippen LogP contribution in [0.1, 0.15) is 11.1 Å². The molecule has 0 bridgehead atoms. The van der Waals surface area contributed by atoms with Crippen molar-refractivity contribution in [1.29, 1.82) is 0 Å². The third-order valence-corrected chi connectivity index (χ3v) is 9.28. The van der Waals surface area contributed by atoms with Crippen molar-refractivity contribution >= 4 is 68.7 Å². The Morgan fingerprint density at radius 1 is 0.679 bits per heavy atom. The van der Waals surface area contributed by atoms with Crippen molar-refractivity contribution in [2.45, 2.75) is 21.8 Å². The van der Waals surface area contributed by atoms with Gasteiger partial charge in [0.2, 0.25) is 0 Å². The molecule has 4 nitrogen and oxygen atoms in total. The van der Waals surface area contributed by atoms with E-state index in [2.05, 4.69) is 34.5 Å². The average molecular weight is 479 g/mol. The zero-order valence-electron chi connectivity index (χ0n) is 14.4. The first kappa shape index (κ1) is 20.0. The lowest BCUT2D eigenvalue weighted by atomic mass is 10.2. The van der Waals surface area contributed by atoms with Gasteiger partial charge in [0.1, 0.15) is 0 Å². The van der Waals surface area contributed by atoms with E-state index in [1.54, 1.807) is 21.6 Å². The molecule has 4 rings (SSSR count). The molecule has 0 aliphatic carbocycles. The second-order valence-electron chi connectivity index (χ2n) is 5.72. The molecule has 2 aromatic heterocycles. The number of hydrogen-bond donors (Lipinski definition) is 0. The molecule has 0 unspecified atom stereocenters. The minimum Gasteiger partial charge on any atom is -0.239 e. The molecule has 0 atom stereocenters. The summed E-state index contributed by atoms with van der Waals surface area (Å²) in [5, 5.41) is 9.27. The van der Waals surface area contributed by atoms with Gasteiger partial charge in [-0.1, -0.05) is 83.3 Å². The van der Waals surface area contributed by atoms with E-state index in [1.807, 2.05) is 45.8 Å². The molecular formula is C18H14N4S6. The molecule has 0 fully saturated rings. The first-order valence-electron chi connectivity index (χ1n) is 8.26. The lowest BCUT2D eigenvalue weighted by Crippen LogP contribution is -2.01. The van der Waals surface area contributed by atoms with Gasteiger partial charge in [0.15, 0.2) is 16.6 Å². The summed E-state index contributed by atoms with van der Waals surface area (Å²) in [6.07, 6.45) is 0. The minimum absolute atomic E-state index is 0.687.